The molecule has 1 aromatic heterocycles. The maximum atomic E-state index is 4.86. The first-order valence-corrected chi connectivity index (χ1v) is 8.36. The fourth-order valence-corrected chi connectivity index (χ4v) is 4.20. The SMILES string of the molecule is CCNCc1sc(C2CCCc3ccccc32)nc1C. The predicted molar refractivity (Wildman–Crippen MR) is 85.5 cm³/mol. The van der Waals surface area contributed by atoms with Crippen molar-refractivity contribution >= 4 is 11.3 Å². The van der Waals surface area contributed by atoms with Crippen molar-refractivity contribution in [1.29, 1.82) is 0 Å². The smallest absolute Gasteiger partial charge is 0.101 e. The third kappa shape index (κ3) is 2.65. The van der Waals surface area contributed by atoms with Crippen molar-refractivity contribution < 1.29 is 0 Å². The lowest BCUT2D eigenvalue weighted by Gasteiger charge is -2.23. The second kappa shape index (κ2) is 6.06. The molecule has 1 atom stereocenters. The summed E-state index contributed by atoms with van der Waals surface area (Å²) in [6, 6.07) is 8.89. The monoisotopic (exact) mass is 286 g/mol. The molecule has 0 fully saturated rings. The molecule has 0 bridgehead atoms. The summed E-state index contributed by atoms with van der Waals surface area (Å²) in [6.07, 6.45) is 3.74. The van der Waals surface area contributed by atoms with Crippen LogP contribution in [0.5, 0.6) is 0 Å². The molecule has 20 heavy (non-hydrogen) atoms. The van der Waals surface area contributed by atoms with Crippen molar-refractivity contribution in [2.45, 2.75) is 45.6 Å². The van der Waals surface area contributed by atoms with Crippen LogP contribution >= 0.6 is 11.3 Å². The summed E-state index contributed by atoms with van der Waals surface area (Å²) in [5.41, 5.74) is 4.22. The zero-order valence-corrected chi connectivity index (χ0v) is 13.1. The first kappa shape index (κ1) is 13.8. The molecular formula is C17H22N2S. The van der Waals surface area contributed by atoms with Crippen LogP contribution in [-0.4, -0.2) is 11.5 Å². The summed E-state index contributed by atoms with van der Waals surface area (Å²) in [6.45, 7) is 6.25. The molecule has 1 N–H and O–H groups in total. The molecule has 2 nitrogen and oxygen atoms in total. The van der Waals surface area contributed by atoms with Gasteiger partial charge in [-0.05, 0) is 43.9 Å². The molecule has 3 rings (SSSR count). The van der Waals surface area contributed by atoms with Gasteiger partial charge in [0.1, 0.15) is 5.01 Å². The molecule has 1 aliphatic rings. The minimum Gasteiger partial charge on any atom is -0.312 e. The highest BCUT2D eigenvalue weighted by Crippen LogP contribution is 2.38. The van der Waals surface area contributed by atoms with E-state index in [2.05, 4.69) is 43.4 Å². The van der Waals surface area contributed by atoms with Gasteiger partial charge in [-0.25, -0.2) is 4.98 Å². The van der Waals surface area contributed by atoms with Gasteiger partial charge in [-0.2, -0.15) is 0 Å². The van der Waals surface area contributed by atoms with Gasteiger partial charge in [-0.15, -0.1) is 11.3 Å². The Labute approximate surface area is 125 Å². The molecule has 1 heterocycles. The van der Waals surface area contributed by atoms with Gasteiger partial charge in [0.25, 0.3) is 0 Å². The van der Waals surface area contributed by atoms with Gasteiger partial charge in [0.2, 0.25) is 0 Å². The number of nitrogens with zero attached hydrogens (tertiary/aromatic N) is 1. The van der Waals surface area contributed by atoms with E-state index in [9.17, 15) is 0 Å². The molecule has 1 unspecified atom stereocenters. The molecule has 106 valence electrons. The zero-order chi connectivity index (χ0) is 13.9. The van der Waals surface area contributed by atoms with Gasteiger partial charge >= 0.3 is 0 Å². The number of hydrogen-bond acceptors (Lipinski definition) is 3. The van der Waals surface area contributed by atoms with Gasteiger partial charge in [0, 0.05) is 17.3 Å². The van der Waals surface area contributed by atoms with Crippen LogP contribution in [0.25, 0.3) is 0 Å². The molecule has 0 amide bonds. The number of hydrogen-bond donors (Lipinski definition) is 1. The van der Waals surface area contributed by atoms with Gasteiger partial charge in [-0.1, -0.05) is 31.2 Å². The van der Waals surface area contributed by atoms with Crippen LogP contribution in [0.4, 0.5) is 0 Å². The van der Waals surface area contributed by atoms with Crippen LogP contribution in [-0.2, 0) is 13.0 Å². The molecule has 0 saturated heterocycles. The van der Waals surface area contributed by atoms with Gasteiger partial charge in [-0.3, -0.25) is 0 Å². The van der Waals surface area contributed by atoms with Crippen LogP contribution < -0.4 is 5.32 Å². The van der Waals surface area contributed by atoms with Crippen molar-refractivity contribution in [3.63, 3.8) is 0 Å². The maximum Gasteiger partial charge on any atom is 0.101 e. The minimum absolute atomic E-state index is 0.513. The number of rotatable bonds is 4. The van der Waals surface area contributed by atoms with Crippen molar-refractivity contribution in [3.05, 3.63) is 51.0 Å². The van der Waals surface area contributed by atoms with Crippen LogP contribution in [0.1, 0.15) is 52.4 Å². The summed E-state index contributed by atoms with van der Waals surface area (Å²) >= 11 is 1.90. The van der Waals surface area contributed by atoms with Gasteiger partial charge in [0.15, 0.2) is 0 Å². The predicted octanol–water partition coefficient (Wildman–Crippen LogP) is 4.03. The number of benzene rings is 1. The Morgan fingerprint density at radius 1 is 1.35 bits per heavy atom. The van der Waals surface area contributed by atoms with E-state index in [0.29, 0.717) is 5.92 Å². The Hall–Kier alpha value is -1.19. The van der Waals surface area contributed by atoms with Crippen molar-refractivity contribution in [1.82, 2.24) is 10.3 Å². The molecule has 0 saturated carbocycles. The Bertz CT molecular complexity index is 588. The topological polar surface area (TPSA) is 24.9 Å². The van der Waals surface area contributed by atoms with Crippen molar-refractivity contribution in [2.24, 2.45) is 0 Å². The van der Waals surface area contributed by atoms with Crippen LogP contribution in [0, 0.1) is 6.92 Å². The van der Waals surface area contributed by atoms with E-state index >= 15 is 0 Å². The van der Waals surface area contributed by atoms with E-state index in [1.54, 1.807) is 0 Å². The summed E-state index contributed by atoms with van der Waals surface area (Å²) in [7, 11) is 0. The molecular weight excluding hydrogens is 264 g/mol. The molecule has 0 aliphatic heterocycles. The Morgan fingerprint density at radius 3 is 3.05 bits per heavy atom. The highest BCUT2D eigenvalue weighted by molar-refractivity contribution is 7.11. The van der Waals surface area contributed by atoms with Crippen LogP contribution in [0.2, 0.25) is 0 Å². The maximum absolute atomic E-state index is 4.86. The third-order valence-corrected chi connectivity index (χ3v) is 5.38. The second-order valence-electron chi connectivity index (χ2n) is 5.48. The number of nitrogens with one attached hydrogen (secondary N) is 1. The van der Waals surface area contributed by atoms with E-state index in [1.807, 2.05) is 11.3 Å². The van der Waals surface area contributed by atoms with E-state index in [-0.39, 0.29) is 0 Å². The molecule has 1 aliphatic carbocycles. The second-order valence-corrected chi connectivity index (χ2v) is 6.60. The quantitative estimate of drug-likeness (QED) is 0.918. The van der Waals surface area contributed by atoms with Crippen molar-refractivity contribution in [3.8, 4) is 0 Å². The lowest BCUT2D eigenvalue weighted by molar-refractivity contribution is 0.612. The summed E-state index contributed by atoms with van der Waals surface area (Å²) in [5.74, 6) is 0.513. The van der Waals surface area contributed by atoms with E-state index in [4.69, 9.17) is 4.98 Å². The van der Waals surface area contributed by atoms with E-state index in [0.717, 1.165) is 13.1 Å². The first-order chi connectivity index (χ1) is 9.79. The Kier molecular flexibility index (Phi) is 4.18. The lowest BCUT2D eigenvalue weighted by Crippen LogP contribution is -2.11. The minimum atomic E-state index is 0.513. The van der Waals surface area contributed by atoms with Gasteiger partial charge in [0.05, 0.1) is 5.69 Å². The van der Waals surface area contributed by atoms with Crippen LogP contribution in [0.3, 0.4) is 0 Å². The van der Waals surface area contributed by atoms with Gasteiger partial charge < -0.3 is 5.32 Å². The normalized spacial score (nSPS) is 18.0. The lowest BCUT2D eigenvalue weighted by atomic mass is 9.83. The average Bonchev–Trinajstić information content (AvgIpc) is 2.85. The third-order valence-electron chi connectivity index (χ3n) is 4.11. The number of aryl methyl sites for hydroxylation is 2. The van der Waals surface area contributed by atoms with E-state index in [1.165, 1.54) is 46.0 Å². The standard InChI is InChI=1S/C17H22N2S/c1-3-18-11-16-12(2)19-17(20-16)15-10-6-8-13-7-4-5-9-14(13)15/h4-5,7,9,15,18H,3,6,8,10-11H2,1-2H3. The average molecular weight is 286 g/mol. The molecule has 3 heteroatoms. The fraction of sp³-hybridized carbons (Fsp3) is 0.471. The number of thiazole rings is 1. The fourth-order valence-electron chi connectivity index (χ4n) is 3.01. The number of aromatic nitrogens is 1. The summed E-state index contributed by atoms with van der Waals surface area (Å²) in [4.78, 5) is 6.26. The van der Waals surface area contributed by atoms with E-state index < -0.39 is 0 Å². The Morgan fingerprint density at radius 2 is 2.20 bits per heavy atom. The summed E-state index contributed by atoms with van der Waals surface area (Å²) in [5, 5.41) is 4.72. The van der Waals surface area contributed by atoms with Crippen molar-refractivity contribution in [2.75, 3.05) is 6.54 Å². The largest absolute Gasteiger partial charge is 0.312 e. The Balaban J connectivity index is 1.90. The molecule has 1 aromatic carbocycles. The first-order valence-electron chi connectivity index (χ1n) is 7.54. The zero-order valence-electron chi connectivity index (χ0n) is 12.3. The summed E-state index contributed by atoms with van der Waals surface area (Å²) < 4.78 is 0. The molecule has 0 radical (unpaired) electrons. The number of fused-ring (bicyclic) bond motifs is 1. The molecule has 2 aromatic rings. The highest BCUT2D eigenvalue weighted by Gasteiger charge is 2.24. The van der Waals surface area contributed by atoms with Crippen LogP contribution in [0.15, 0.2) is 24.3 Å². The highest BCUT2D eigenvalue weighted by atomic mass is 32.1. The molecule has 0 spiro atoms.